The number of rotatable bonds is 0. The minimum absolute atomic E-state index is 0.889. The molecule has 13 heterocycles. The molecule has 4 aliphatic rings. The first-order valence-corrected chi connectivity index (χ1v) is 24.8. The number of aliphatic imine (C=N–C) groups is 2. The number of thiazole rings is 1. The molecule has 0 N–H and O–H groups in total. The van der Waals surface area contributed by atoms with Gasteiger partial charge >= 0.3 is 0 Å². The van der Waals surface area contributed by atoms with Crippen LogP contribution < -0.4 is 0 Å². The molecule has 0 radical (unpaired) electrons. The van der Waals surface area contributed by atoms with Crippen molar-refractivity contribution in [1.29, 1.82) is 0 Å². The summed E-state index contributed by atoms with van der Waals surface area (Å²) in [5.74, 6) is 0. The fourth-order valence-corrected chi connectivity index (χ4v) is 4.83. The molecule has 10 aromatic rings. The second-order valence-corrected chi connectivity index (χ2v) is 14.7. The molecule has 0 saturated carbocycles. The fraction of sp³-hybridized carbons (Fsp3) is 0.109. The highest BCUT2D eigenvalue weighted by molar-refractivity contribution is 7.08. The van der Waals surface area contributed by atoms with Gasteiger partial charge in [0.2, 0.25) is 12.8 Å². The summed E-state index contributed by atoms with van der Waals surface area (Å²) < 4.78 is 27.1. The van der Waals surface area contributed by atoms with Crippen molar-refractivity contribution in [1.82, 2.24) is 58.8 Å². The van der Waals surface area contributed by atoms with Crippen LogP contribution in [0.3, 0.4) is 0 Å². The third kappa shape index (κ3) is 54.3. The number of imidazole rings is 1. The van der Waals surface area contributed by atoms with Gasteiger partial charge in [-0.25, -0.2) is 19.3 Å². The van der Waals surface area contributed by atoms with E-state index in [2.05, 4.69) is 117 Å². The van der Waals surface area contributed by atoms with E-state index in [9.17, 15) is 0 Å². The Kier molecular flexibility index (Phi) is 48.0. The molecule has 370 valence electrons. The molecule has 25 heteroatoms. The molecule has 20 nitrogen and oxygen atoms in total. The summed E-state index contributed by atoms with van der Waals surface area (Å²) in [5.41, 5.74) is 6.83. The molecule has 14 rings (SSSR count). The second kappa shape index (κ2) is 56.1. The molecule has 3 aliphatic heterocycles. The molecule has 0 saturated heterocycles. The minimum atomic E-state index is 0.889. The van der Waals surface area contributed by atoms with E-state index in [-0.39, 0.29) is 0 Å². The molecule has 0 unspecified atom stereocenters. The van der Waals surface area contributed by atoms with E-state index in [1.54, 1.807) is 125 Å². The molecule has 0 bridgehead atoms. The molecule has 1 aliphatic carbocycles. The van der Waals surface area contributed by atoms with Crippen molar-refractivity contribution >= 4 is 81.9 Å². The van der Waals surface area contributed by atoms with Crippen molar-refractivity contribution in [3.05, 3.63) is 223 Å². The molecule has 71 heavy (non-hydrogen) atoms. The zero-order valence-corrected chi connectivity index (χ0v) is 42.4. The van der Waals surface area contributed by atoms with Crippen molar-refractivity contribution in [3.8, 4) is 0 Å². The van der Waals surface area contributed by atoms with Crippen LogP contribution in [0.1, 0.15) is 19.3 Å². The number of nitrogens with zero attached hydrogens (tertiary/aromatic N) is 16. The zero-order chi connectivity index (χ0) is 50.4. The summed E-state index contributed by atoms with van der Waals surface area (Å²) in [4.78, 5) is 22.3. The van der Waals surface area contributed by atoms with Crippen LogP contribution in [-0.2, 0) is 7.05 Å². The number of allylic oxidation sites excluding steroid dienone is 6. The fourth-order valence-electron chi connectivity index (χ4n) is 3.13. The van der Waals surface area contributed by atoms with Crippen LogP contribution >= 0.6 is 57.1 Å². The Hall–Kier alpha value is -8.23. The van der Waals surface area contributed by atoms with E-state index in [1.165, 1.54) is 72.4 Å². The summed E-state index contributed by atoms with van der Waals surface area (Å²) in [7, 11) is 1.94. The maximum absolute atomic E-state index is 4.58. The molecule has 0 fully saturated rings. The molecule has 0 spiro atoms. The first-order valence-electron chi connectivity index (χ1n) is 20.3. The van der Waals surface area contributed by atoms with Crippen molar-refractivity contribution in [3.63, 3.8) is 0 Å². The van der Waals surface area contributed by atoms with E-state index < -0.39 is 0 Å². The summed E-state index contributed by atoms with van der Waals surface area (Å²) in [6.07, 6.45) is 50.2. The summed E-state index contributed by atoms with van der Waals surface area (Å²) in [6, 6.07) is 11.3. The lowest BCUT2D eigenvalue weighted by atomic mass is 10.5. The Morgan fingerprint density at radius 1 is 0.507 bits per heavy atom. The molecular weight excluding hydrogens is 1000 g/mol. The molecule has 0 amide bonds. The summed E-state index contributed by atoms with van der Waals surface area (Å²) in [6.45, 7) is 0.889. The predicted octanol–water partition coefficient (Wildman–Crippen LogP) is 11.8. The Bertz CT molecular complexity index is 1840. The third-order valence-corrected chi connectivity index (χ3v) is 8.43. The van der Waals surface area contributed by atoms with Crippen LogP contribution in [0.25, 0.3) is 0 Å². The Balaban J connectivity index is 0.000000382. The normalized spacial score (nSPS) is 10.8. The zero-order valence-electron chi connectivity index (χ0n) is 38.3. The Labute approximate surface area is 431 Å². The van der Waals surface area contributed by atoms with Gasteiger partial charge in [-0.2, -0.15) is 25.9 Å². The molecular formula is C46H52N16O4S5. The average molecular weight is 1050 g/mol. The highest BCUT2D eigenvalue weighted by atomic mass is 32.1. The van der Waals surface area contributed by atoms with Gasteiger partial charge in [-0.15, -0.1) is 43.1 Å². The lowest BCUT2D eigenvalue weighted by Crippen LogP contribution is -1.76. The quantitative estimate of drug-likeness (QED) is 0.137. The van der Waals surface area contributed by atoms with Gasteiger partial charge in [0, 0.05) is 86.5 Å². The van der Waals surface area contributed by atoms with E-state index in [1.807, 2.05) is 94.1 Å². The van der Waals surface area contributed by atoms with Gasteiger partial charge in [-0.3, -0.25) is 15.0 Å². The first-order chi connectivity index (χ1) is 35.4. The number of hydrogen-bond donors (Lipinski definition) is 0. The lowest BCUT2D eigenvalue weighted by molar-refractivity contribution is 0.420. The second-order valence-electron chi connectivity index (χ2n) is 11.1. The van der Waals surface area contributed by atoms with Crippen LogP contribution in [0.5, 0.6) is 0 Å². The van der Waals surface area contributed by atoms with Gasteiger partial charge in [-0.1, -0.05) is 53.7 Å². The lowest BCUT2D eigenvalue weighted by Gasteiger charge is -1.76. The number of hydrogen-bond acceptors (Lipinski definition) is 24. The standard InChI is InChI=1S/C5H6.C4H6N2.2C4H5N.C4H4O.C4H4S.C3H4N2.2C3H3NO.2C3H3NS.C2H2N2O.2C2H2N2S/c1-2-4-5-3-1;1-6-3-2-5-4-6;5*1-2-4-5-3-1;1-2-5-3-4-1;1-2-4-5-3-1;1-2-5-3-4-1;1-2-4-5-3-1;2*1-3-4-2-5-1;1-3-2-5-4-1/h1-4H,5H2;2-4H,1H3;1,3-4H,2H2;1-3H,4H2;2*1-4H;2-3H,1H2;4*1-3H;3*1-2H. The van der Waals surface area contributed by atoms with Crippen molar-refractivity contribution < 1.29 is 17.8 Å². The topological polar surface area (TPSA) is 249 Å². The van der Waals surface area contributed by atoms with Crippen molar-refractivity contribution in [2.24, 2.45) is 27.2 Å². The van der Waals surface area contributed by atoms with Crippen LogP contribution in [0.2, 0.25) is 0 Å². The third-order valence-electron chi connectivity index (χ3n) is 5.90. The van der Waals surface area contributed by atoms with Crippen molar-refractivity contribution in [2.75, 3.05) is 6.54 Å². The molecule has 0 atom stereocenters. The van der Waals surface area contributed by atoms with Crippen LogP contribution in [0.4, 0.5) is 0 Å². The maximum Gasteiger partial charge on any atom is 0.203 e. The summed E-state index contributed by atoms with van der Waals surface area (Å²) >= 11 is 7.62. The number of oxazole rings is 1. The van der Waals surface area contributed by atoms with Gasteiger partial charge in [0.1, 0.15) is 35.4 Å². The monoisotopic (exact) mass is 1050 g/mol. The van der Waals surface area contributed by atoms with Gasteiger partial charge < -0.3 is 22.3 Å². The van der Waals surface area contributed by atoms with Gasteiger partial charge in [0.05, 0.1) is 43.3 Å². The predicted molar refractivity (Wildman–Crippen MR) is 287 cm³/mol. The number of thiophene rings is 1. The van der Waals surface area contributed by atoms with E-state index in [0.717, 1.165) is 25.8 Å². The highest BCUT2D eigenvalue weighted by Crippen LogP contribution is 1.93. The number of aryl methyl sites for hydroxylation is 1. The largest absolute Gasteiger partial charge is 0.473 e. The maximum atomic E-state index is 4.58. The Morgan fingerprint density at radius 2 is 1.32 bits per heavy atom. The highest BCUT2D eigenvalue weighted by Gasteiger charge is 1.76. The van der Waals surface area contributed by atoms with Gasteiger partial charge in [0.25, 0.3) is 0 Å². The number of aromatic nitrogens is 12. The smallest absolute Gasteiger partial charge is 0.203 e. The summed E-state index contributed by atoms with van der Waals surface area (Å²) in [5, 5.41) is 31.9. The van der Waals surface area contributed by atoms with Crippen LogP contribution in [0, 0.1) is 0 Å². The SMILES string of the molecule is C1=CCC=C1.C1=CCN=C1.C1=CN=CC1.C1=NN=CC1.Cn1ccnc1.c1ccoc1.c1ccsc1.c1cnoc1.c1cnsc1.c1cocn1.c1cscn1.c1ncsn1.c1nnco1.c1nncs1. The van der Waals surface area contributed by atoms with E-state index in [0.29, 0.717) is 0 Å². The molecule has 10 aromatic heterocycles. The minimum Gasteiger partial charge on any atom is -0.473 e. The number of furan rings is 1. The molecule has 0 aromatic carbocycles. The van der Waals surface area contributed by atoms with Crippen LogP contribution in [-0.4, -0.2) is 90.2 Å². The van der Waals surface area contributed by atoms with E-state index >= 15 is 0 Å². The Morgan fingerprint density at radius 3 is 1.52 bits per heavy atom. The first kappa shape index (κ1) is 60.8. The van der Waals surface area contributed by atoms with Gasteiger partial charge in [0.15, 0.2) is 6.39 Å². The van der Waals surface area contributed by atoms with E-state index in [4.69, 9.17) is 0 Å². The van der Waals surface area contributed by atoms with Crippen molar-refractivity contribution in [2.45, 2.75) is 19.3 Å². The average Bonchev–Trinajstić information content (AvgIpc) is 4.28. The van der Waals surface area contributed by atoms with Gasteiger partial charge in [-0.05, 0) is 70.6 Å². The van der Waals surface area contributed by atoms with Crippen LogP contribution in [0.15, 0.2) is 261 Å².